The Bertz CT molecular complexity index is 235. The first-order valence-corrected chi connectivity index (χ1v) is 3.70. The van der Waals surface area contributed by atoms with Gasteiger partial charge in [-0.05, 0) is 19.4 Å². The van der Waals surface area contributed by atoms with Gasteiger partial charge in [-0.25, -0.2) is 0 Å². The highest BCUT2D eigenvalue weighted by Gasteiger charge is 2.01. The topological polar surface area (TPSA) is 32.3 Å². The van der Waals surface area contributed by atoms with Crippen molar-refractivity contribution in [3.8, 4) is 0 Å². The molecule has 0 aliphatic rings. The minimum atomic E-state index is 0.00917. The fraction of sp³-hybridized carbons (Fsp3) is 0.333. The van der Waals surface area contributed by atoms with Gasteiger partial charge in [-0.1, -0.05) is 29.8 Å². The molecule has 0 amide bonds. The first-order chi connectivity index (χ1) is 5.24. The van der Waals surface area contributed by atoms with E-state index in [1.165, 1.54) is 5.56 Å². The van der Waals surface area contributed by atoms with Gasteiger partial charge >= 0.3 is 0 Å². The molecule has 0 fully saturated rings. The lowest BCUT2D eigenvalue weighted by Crippen LogP contribution is -2.12. The van der Waals surface area contributed by atoms with Crippen LogP contribution in [-0.2, 0) is 0 Å². The van der Waals surface area contributed by atoms with Gasteiger partial charge in [0.15, 0.2) is 0 Å². The van der Waals surface area contributed by atoms with Crippen molar-refractivity contribution in [2.75, 3.05) is 0 Å². The molecule has 60 valence electrons. The third-order valence-electron chi connectivity index (χ3n) is 1.74. The second-order valence-corrected chi connectivity index (χ2v) is 2.76. The molecule has 0 saturated heterocycles. The molecule has 1 rings (SSSR count). The largest absolute Gasteiger partial charge is 0.316 e. The molecule has 1 aromatic rings. The van der Waals surface area contributed by atoms with E-state index in [0.29, 0.717) is 0 Å². The van der Waals surface area contributed by atoms with Crippen molar-refractivity contribution in [3.63, 3.8) is 0 Å². The summed E-state index contributed by atoms with van der Waals surface area (Å²) in [5.74, 6) is 0. The van der Waals surface area contributed by atoms with E-state index in [9.17, 15) is 0 Å². The monoisotopic (exact) mass is 151 g/mol. The van der Waals surface area contributed by atoms with Crippen LogP contribution >= 0.6 is 0 Å². The number of aryl methyl sites for hydroxylation is 1. The predicted octanol–water partition coefficient (Wildman–Crippen LogP) is 2.03. The van der Waals surface area contributed by atoms with Gasteiger partial charge in [-0.3, -0.25) is 0 Å². The van der Waals surface area contributed by atoms with Crippen LogP contribution in [0, 0.1) is 6.92 Å². The molecule has 0 aliphatic heterocycles. The lowest BCUT2D eigenvalue weighted by atomic mass is 10.1. The van der Waals surface area contributed by atoms with E-state index in [-0.39, 0.29) is 6.04 Å². The normalized spacial score (nSPS) is 13.0. The molecule has 2 N–H and O–H groups in total. The summed E-state index contributed by atoms with van der Waals surface area (Å²) in [5, 5.41) is 8.63. The Balaban J connectivity index is 2.86. The number of nitrogens with one attached hydrogen (secondary N) is 1. The fourth-order valence-electron chi connectivity index (χ4n) is 1.01. The highest BCUT2D eigenvalue weighted by Crippen LogP contribution is 2.12. The van der Waals surface area contributed by atoms with Crippen LogP contribution in [-0.4, -0.2) is 5.21 Å². The van der Waals surface area contributed by atoms with Gasteiger partial charge in [-0.2, -0.15) is 5.48 Å². The Labute approximate surface area is 66.8 Å². The predicted molar refractivity (Wildman–Crippen MR) is 44.5 cm³/mol. The summed E-state index contributed by atoms with van der Waals surface area (Å²) in [4.78, 5) is 0. The SMILES string of the molecule is Cc1cccc([C@H](C)NO)c1. The van der Waals surface area contributed by atoms with Crippen molar-refractivity contribution in [1.29, 1.82) is 0 Å². The van der Waals surface area contributed by atoms with Crippen molar-refractivity contribution in [2.24, 2.45) is 0 Å². The van der Waals surface area contributed by atoms with Crippen molar-refractivity contribution in [3.05, 3.63) is 35.4 Å². The molecule has 1 atom stereocenters. The van der Waals surface area contributed by atoms with E-state index < -0.39 is 0 Å². The van der Waals surface area contributed by atoms with Crippen molar-refractivity contribution in [1.82, 2.24) is 5.48 Å². The number of benzene rings is 1. The van der Waals surface area contributed by atoms with E-state index in [4.69, 9.17) is 5.21 Å². The smallest absolute Gasteiger partial charge is 0.0540 e. The minimum absolute atomic E-state index is 0.00917. The van der Waals surface area contributed by atoms with Gasteiger partial charge in [0.1, 0.15) is 0 Å². The summed E-state index contributed by atoms with van der Waals surface area (Å²) in [6.07, 6.45) is 0. The molecule has 11 heavy (non-hydrogen) atoms. The van der Waals surface area contributed by atoms with Gasteiger partial charge in [0, 0.05) is 0 Å². The van der Waals surface area contributed by atoms with Crippen LogP contribution in [0.2, 0.25) is 0 Å². The molecule has 2 heteroatoms. The molecule has 0 bridgehead atoms. The highest BCUT2D eigenvalue weighted by atomic mass is 16.5. The zero-order chi connectivity index (χ0) is 8.27. The van der Waals surface area contributed by atoms with Gasteiger partial charge in [0.05, 0.1) is 6.04 Å². The number of hydroxylamine groups is 1. The van der Waals surface area contributed by atoms with E-state index in [1.807, 2.05) is 38.1 Å². The Morgan fingerprint density at radius 3 is 2.73 bits per heavy atom. The summed E-state index contributed by atoms with van der Waals surface area (Å²) < 4.78 is 0. The zero-order valence-corrected chi connectivity index (χ0v) is 6.83. The molecule has 0 spiro atoms. The number of rotatable bonds is 2. The Kier molecular flexibility index (Phi) is 2.63. The molecular weight excluding hydrogens is 138 g/mol. The lowest BCUT2D eigenvalue weighted by molar-refractivity contribution is 0.133. The first kappa shape index (κ1) is 8.24. The fourth-order valence-corrected chi connectivity index (χ4v) is 1.01. The van der Waals surface area contributed by atoms with Gasteiger partial charge in [-0.15, -0.1) is 0 Å². The zero-order valence-electron chi connectivity index (χ0n) is 6.83. The summed E-state index contributed by atoms with van der Waals surface area (Å²) in [6.45, 7) is 3.95. The maximum absolute atomic E-state index is 8.63. The third-order valence-corrected chi connectivity index (χ3v) is 1.74. The van der Waals surface area contributed by atoms with Crippen molar-refractivity contribution < 1.29 is 5.21 Å². The lowest BCUT2D eigenvalue weighted by Gasteiger charge is -2.09. The van der Waals surface area contributed by atoms with Crippen LogP contribution < -0.4 is 5.48 Å². The summed E-state index contributed by atoms with van der Waals surface area (Å²) in [5.41, 5.74) is 4.53. The van der Waals surface area contributed by atoms with E-state index in [1.54, 1.807) is 0 Å². The molecule has 0 saturated carbocycles. The van der Waals surface area contributed by atoms with Crippen LogP contribution in [0.3, 0.4) is 0 Å². The second kappa shape index (κ2) is 3.51. The van der Waals surface area contributed by atoms with E-state index in [2.05, 4.69) is 5.48 Å². The summed E-state index contributed by atoms with van der Waals surface area (Å²) >= 11 is 0. The van der Waals surface area contributed by atoms with Crippen LogP contribution in [0.15, 0.2) is 24.3 Å². The molecule has 2 nitrogen and oxygen atoms in total. The Morgan fingerprint density at radius 1 is 1.45 bits per heavy atom. The molecule has 0 heterocycles. The molecule has 0 radical (unpaired) electrons. The third kappa shape index (κ3) is 2.03. The van der Waals surface area contributed by atoms with Crippen LogP contribution in [0.4, 0.5) is 0 Å². The Morgan fingerprint density at radius 2 is 2.18 bits per heavy atom. The summed E-state index contributed by atoms with van der Waals surface area (Å²) in [7, 11) is 0. The molecular formula is C9H13NO. The van der Waals surface area contributed by atoms with Crippen LogP contribution in [0.1, 0.15) is 24.1 Å². The molecule has 0 unspecified atom stereocenters. The van der Waals surface area contributed by atoms with Crippen molar-refractivity contribution >= 4 is 0 Å². The average Bonchev–Trinajstić information content (AvgIpc) is 2.03. The second-order valence-electron chi connectivity index (χ2n) is 2.76. The maximum atomic E-state index is 8.63. The van der Waals surface area contributed by atoms with Gasteiger partial charge in [0.25, 0.3) is 0 Å². The average molecular weight is 151 g/mol. The van der Waals surface area contributed by atoms with Crippen molar-refractivity contribution in [2.45, 2.75) is 19.9 Å². The number of hydrogen-bond acceptors (Lipinski definition) is 2. The van der Waals surface area contributed by atoms with E-state index >= 15 is 0 Å². The van der Waals surface area contributed by atoms with E-state index in [0.717, 1.165) is 5.56 Å². The van der Waals surface area contributed by atoms with Crippen LogP contribution in [0.5, 0.6) is 0 Å². The standard InChI is InChI=1S/C9H13NO/c1-7-4-3-5-9(6-7)8(2)10-11/h3-6,8,10-11H,1-2H3/t8-/m0/s1. The highest BCUT2D eigenvalue weighted by molar-refractivity contribution is 5.24. The van der Waals surface area contributed by atoms with Crippen LogP contribution in [0.25, 0.3) is 0 Å². The maximum Gasteiger partial charge on any atom is 0.0540 e. The molecule has 1 aromatic carbocycles. The summed E-state index contributed by atoms with van der Waals surface area (Å²) in [6, 6.07) is 8.07. The quantitative estimate of drug-likeness (QED) is 0.634. The van der Waals surface area contributed by atoms with Gasteiger partial charge < -0.3 is 5.21 Å². The molecule has 0 aromatic heterocycles. The molecule has 0 aliphatic carbocycles. The number of hydrogen-bond donors (Lipinski definition) is 2. The van der Waals surface area contributed by atoms with Gasteiger partial charge in [0.2, 0.25) is 0 Å². The Hall–Kier alpha value is -0.860. The minimum Gasteiger partial charge on any atom is -0.316 e. The first-order valence-electron chi connectivity index (χ1n) is 3.70.